The first-order valence-electron chi connectivity index (χ1n) is 8.55. The molecule has 5 rings (SSSR count). The van der Waals surface area contributed by atoms with Gasteiger partial charge in [0.25, 0.3) is 0 Å². The van der Waals surface area contributed by atoms with Crippen molar-refractivity contribution in [2.45, 2.75) is 37.3 Å². The van der Waals surface area contributed by atoms with E-state index in [0.717, 1.165) is 43.6 Å². The topological polar surface area (TPSA) is 21.7 Å². The van der Waals surface area contributed by atoms with Crippen molar-refractivity contribution in [3.63, 3.8) is 0 Å². The number of halogens is 1. The van der Waals surface area contributed by atoms with Crippen molar-refractivity contribution in [3.8, 4) is 0 Å². The summed E-state index contributed by atoms with van der Waals surface area (Å²) in [5.74, 6) is -0.359. The normalized spacial score (nSPS) is 24.0. The molecule has 0 aromatic heterocycles. The minimum Gasteiger partial charge on any atom is -0.347 e. The maximum Gasteiger partial charge on any atom is 0.172 e. The van der Waals surface area contributed by atoms with Crippen LogP contribution >= 0.6 is 15.9 Å². The lowest BCUT2D eigenvalue weighted by atomic mass is 9.66. The van der Waals surface area contributed by atoms with Gasteiger partial charge >= 0.3 is 0 Å². The predicted molar refractivity (Wildman–Crippen MR) is 95.4 cm³/mol. The van der Waals surface area contributed by atoms with Crippen molar-refractivity contribution in [1.29, 1.82) is 0 Å². The number of nitrogens with zero attached hydrogens (tertiary/aromatic N) is 1. The largest absolute Gasteiger partial charge is 0.347 e. The van der Waals surface area contributed by atoms with Gasteiger partial charge in [0.1, 0.15) is 0 Å². The SMILES string of the molecule is Brc1ccc(C2(N3Cc4ccccc4C3)CC3(C2)OCCO3)cc1. The van der Waals surface area contributed by atoms with E-state index in [-0.39, 0.29) is 11.3 Å². The molecule has 2 fully saturated rings. The number of fused-ring (bicyclic) bond motifs is 1. The smallest absolute Gasteiger partial charge is 0.172 e. The lowest BCUT2D eigenvalue weighted by Gasteiger charge is -2.57. The van der Waals surface area contributed by atoms with Crippen LogP contribution in [0.1, 0.15) is 29.5 Å². The van der Waals surface area contributed by atoms with Crippen LogP contribution in [0.15, 0.2) is 53.0 Å². The molecule has 0 bridgehead atoms. The third kappa shape index (κ3) is 2.21. The van der Waals surface area contributed by atoms with Crippen molar-refractivity contribution in [2.24, 2.45) is 0 Å². The Morgan fingerprint density at radius 3 is 2.00 bits per heavy atom. The minimum atomic E-state index is -0.359. The molecule has 2 heterocycles. The predicted octanol–water partition coefficient (Wildman–Crippen LogP) is 4.20. The van der Waals surface area contributed by atoms with Gasteiger partial charge in [0, 0.05) is 30.4 Å². The van der Waals surface area contributed by atoms with Gasteiger partial charge in [-0.25, -0.2) is 0 Å². The molecular weight excluding hydrogens is 366 g/mol. The molecule has 0 radical (unpaired) electrons. The Morgan fingerprint density at radius 1 is 0.833 bits per heavy atom. The molecule has 0 N–H and O–H groups in total. The zero-order valence-corrected chi connectivity index (χ0v) is 15.1. The molecule has 2 aliphatic heterocycles. The lowest BCUT2D eigenvalue weighted by molar-refractivity contribution is -0.272. The fourth-order valence-corrected chi connectivity index (χ4v) is 4.81. The molecule has 3 nitrogen and oxygen atoms in total. The van der Waals surface area contributed by atoms with E-state index in [4.69, 9.17) is 9.47 Å². The first-order valence-corrected chi connectivity index (χ1v) is 9.34. The molecule has 0 unspecified atom stereocenters. The molecule has 1 spiro atoms. The maximum absolute atomic E-state index is 5.96. The average molecular weight is 386 g/mol. The zero-order chi connectivity index (χ0) is 16.2. The minimum absolute atomic E-state index is 0.00403. The van der Waals surface area contributed by atoms with Gasteiger partial charge in [-0.05, 0) is 28.8 Å². The summed E-state index contributed by atoms with van der Waals surface area (Å²) in [6.07, 6.45) is 1.82. The highest BCUT2D eigenvalue weighted by molar-refractivity contribution is 9.10. The van der Waals surface area contributed by atoms with Crippen LogP contribution < -0.4 is 0 Å². The molecule has 1 saturated carbocycles. The molecule has 1 saturated heterocycles. The molecule has 0 amide bonds. The summed E-state index contributed by atoms with van der Waals surface area (Å²) in [5, 5.41) is 0. The Hall–Kier alpha value is -1.20. The molecule has 124 valence electrons. The Balaban J connectivity index is 1.51. The Labute approximate surface area is 150 Å². The molecule has 1 aliphatic carbocycles. The van der Waals surface area contributed by atoms with Crippen LogP contribution in [0.5, 0.6) is 0 Å². The highest BCUT2D eigenvalue weighted by Gasteiger charge is 2.62. The Morgan fingerprint density at radius 2 is 1.42 bits per heavy atom. The Bertz CT molecular complexity index is 734. The van der Waals surface area contributed by atoms with Crippen molar-refractivity contribution in [2.75, 3.05) is 13.2 Å². The summed E-state index contributed by atoms with van der Waals surface area (Å²) in [4.78, 5) is 2.61. The number of rotatable bonds is 2. The van der Waals surface area contributed by atoms with Crippen molar-refractivity contribution in [3.05, 3.63) is 69.7 Å². The third-order valence-corrected chi connectivity index (χ3v) is 6.29. The lowest BCUT2D eigenvalue weighted by Crippen LogP contribution is -2.62. The van der Waals surface area contributed by atoms with E-state index in [9.17, 15) is 0 Å². The van der Waals surface area contributed by atoms with Gasteiger partial charge in [0.15, 0.2) is 5.79 Å². The maximum atomic E-state index is 5.96. The summed E-state index contributed by atoms with van der Waals surface area (Å²) in [6, 6.07) is 17.6. The number of hydrogen-bond acceptors (Lipinski definition) is 3. The van der Waals surface area contributed by atoms with Crippen LogP contribution in [0.25, 0.3) is 0 Å². The van der Waals surface area contributed by atoms with Gasteiger partial charge in [0.05, 0.1) is 18.8 Å². The van der Waals surface area contributed by atoms with Crippen LogP contribution in [-0.4, -0.2) is 23.9 Å². The van der Waals surface area contributed by atoms with Gasteiger partial charge in [-0.15, -0.1) is 0 Å². The zero-order valence-electron chi connectivity index (χ0n) is 13.5. The number of hydrogen-bond donors (Lipinski definition) is 0. The Kier molecular flexibility index (Phi) is 3.39. The summed E-state index contributed by atoms with van der Waals surface area (Å²) in [5.41, 5.74) is 4.26. The van der Waals surface area contributed by atoms with Crippen molar-refractivity contribution in [1.82, 2.24) is 4.90 Å². The first kappa shape index (κ1) is 15.1. The van der Waals surface area contributed by atoms with Gasteiger partial charge < -0.3 is 9.47 Å². The summed E-state index contributed by atoms with van der Waals surface area (Å²) in [6.45, 7) is 3.44. The molecule has 3 aliphatic rings. The van der Waals surface area contributed by atoms with Gasteiger partial charge in [-0.3, -0.25) is 4.90 Å². The van der Waals surface area contributed by atoms with Gasteiger partial charge in [-0.1, -0.05) is 52.3 Å². The van der Waals surface area contributed by atoms with E-state index in [1.165, 1.54) is 16.7 Å². The molecular formula is C20H20BrNO2. The van der Waals surface area contributed by atoms with E-state index >= 15 is 0 Å². The number of benzene rings is 2. The highest BCUT2D eigenvalue weighted by Crippen LogP contribution is 2.57. The molecule has 2 aromatic carbocycles. The van der Waals surface area contributed by atoms with Crippen LogP contribution in [-0.2, 0) is 28.1 Å². The summed E-state index contributed by atoms with van der Waals surface area (Å²) >= 11 is 3.56. The standard InChI is InChI=1S/C20H20BrNO2/c21-18-7-5-17(6-8-18)19(13-20(14-19)23-9-10-24-20)22-11-15-3-1-2-4-16(15)12-22/h1-8H,9-14H2. The molecule has 4 heteroatoms. The van der Waals surface area contributed by atoms with Crippen LogP contribution in [0, 0.1) is 0 Å². The van der Waals surface area contributed by atoms with Crippen LogP contribution in [0.2, 0.25) is 0 Å². The van der Waals surface area contributed by atoms with Crippen LogP contribution in [0.4, 0.5) is 0 Å². The molecule has 2 aromatic rings. The van der Waals surface area contributed by atoms with Crippen molar-refractivity contribution >= 4 is 15.9 Å². The van der Waals surface area contributed by atoms with Crippen LogP contribution in [0.3, 0.4) is 0 Å². The third-order valence-electron chi connectivity index (χ3n) is 5.76. The van der Waals surface area contributed by atoms with Gasteiger partial charge in [0.2, 0.25) is 0 Å². The number of ether oxygens (including phenoxy) is 2. The fourth-order valence-electron chi connectivity index (χ4n) is 4.55. The summed E-state index contributed by atoms with van der Waals surface area (Å²) in [7, 11) is 0. The van der Waals surface area contributed by atoms with E-state index in [2.05, 4.69) is 69.4 Å². The van der Waals surface area contributed by atoms with Gasteiger partial charge in [-0.2, -0.15) is 0 Å². The average Bonchev–Trinajstić information content (AvgIpc) is 3.20. The highest BCUT2D eigenvalue weighted by atomic mass is 79.9. The van der Waals surface area contributed by atoms with E-state index in [1.54, 1.807) is 0 Å². The second-order valence-electron chi connectivity index (χ2n) is 7.12. The quantitative estimate of drug-likeness (QED) is 0.773. The first-order chi connectivity index (χ1) is 11.7. The second kappa shape index (κ2) is 5.40. The van der Waals surface area contributed by atoms with E-state index in [0.29, 0.717) is 0 Å². The molecule has 0 atom stereocenters. The van der Waals surface area contributed by atoms with E-state index < -0.39 is 0 Å². The summed E-state index contributed by atoms with van der Waals surface area (Å²) < 4.78 is 13.0. The monoisotopic (exact) mass is 385 g/mol. The second-order valence-corrected chi connectivity index (χ2v) is 8.04. The van der Waals surface area contributed by atoms with E-state index in [1.807, 2.05) is 0 Å². The van der Waals surface area contributed by atoms with Crippen molar-refractivity contribution < 1.29 is 9.47 Å². The molecule has 24 heavy (non-hydrogen) atoms. The fraction of sp³-hybridized carbons (Fsp3) is 0.400.